The van der Waals surface area contributed by atoms with E-state index in [2.05, 4.69) is 10.3 Å². The molecule has 0 atom stereocenters. The van der Waals surface area contributed by atoms with Crippen molar-refractivity contribution in [1.29, 1.82) is 0 Å². The maximum atomic E-state index is 12.9. The molecule has 0 unspecified atom stereocenters. The van der Waals surface area contributed by atoms with E-state index in [0.717, 1.165) is 10.6 Å². The molecule has 3 rings (SSSR count). The van der Waals surface area contributed by atoms with Crippen LogP contribution in [0.2, 0.25) is 0 Å². The Kier molecular flexibility index (Phi) is 6.52. The molecule has 6 nitrogen and oxygen atoms in total. The van der Waals surface area contributed by atoms with Crippen LogP contribution in [0.1, 0.15) is 33.9 Å². The predicted molar refractivity (Wildman–Crippen MR) is 102 cm³/mol. The first-order chi connectivity index (χ1) is 13.1. The van der Waals surface area contributed by atoms with Gasteiger partial charge in [0.25, 0.3) is 5.91 Å². The summed E-state index contributed by atoms with van der Waals surface area (Å²) in [4.78, 5) is 31.0. The van der Waals surface area contributed by atoms with Crippen molar-refractivity contribution in [3.63, 3.8) is 0 Å². The Labute approximate surface area is 161 Å². The molecule has 8 heteroatoms. The molecule has 3 N–H and O–H groups in total. The van der Waals surface area contributed by atoms with Crippen LogP contribution < -0.4 is 11.1 Å². The van der Waals surface area contributed by atoms with E-state index >= 15 is 0 Å². The number of carbonyl (C=O) groups is 2. The summed E-state index contributed by atoms with van der Waals surface area (Å²) < 4.78 is 12.9. The lowest BCUT2D eigenvalue weighted by molar-refractivity contribution is -0.126. The number of aromatic nitrogens is 1. The number of carbonyl (C=O) groups excluding carboxylic acids is 2. The van der Waals surface area contributed by atoms with Gasteiger partial charge in [0.15, 0.2) is 0 Å². The maximum Gasteiger partial charge on any atom is 0.273 e. The van der Waals surface area contributed by atoms with Gasteiger partial charge in [-0.1, -0.05) is 12.1 Å². The van der Waals surface area contributed by atoms with E-state index in [1.807, 2.05) is 0 Å². The summed E-state index contributed by atoms with van der Waals surface area (Å²) in [5.41, 5.74) is 6.83. The van der Waals surface area contributed by atoms with Crippen molar-refractivity contribution in [3.05, 3.63) is 51.7 Å². The van der Waals surface area contributed by atoms with Gasteiger partial charge in [-0.25, -0.2) is 9.37 Å². The number of rotatable bonds is 6. The number of thiazole rings is 1. The largest absolute Gasteiger partial charge is 0.352 e. The molecule has 1 aliphatic heterocycles. The molecule has 0 saturated carbocycles. The number of nitrogens with two attached hydrogens (primary N) is 1. The first-order valence-corrected chi connectivity index (χ1v) is 9.90. The number of likely N-dealkylation sites (tertiary alicyclic amines) is 1. The van der Waals surface area contributed by atoms with Crippen molar-refractivity contribution in [2.24, 2.45) is 11.7 Å². The second-order valence-electron chi connectivity index (χ2n) is 6.58. The molecule has 1 fully saturated rings. The third-order valence-electron chi connectivity index (χ3n) is 4.66. The third kappa shape index (κ3) is 5.11. The molecule has 1 aliphatic rings. The molecule has 1 aromatic carbocycles. The summed E-state index contributed by atoms with van der Waals surface area (Å²) in [6.07, 6.45) is 1.93. The van der Waals surface area contributed by atoms with Crippen LogP contribution in [0, 0.1) is 11.7 Å². The van der Waals surface area contributed by atoms with Gasteiger partial charge in [0, 0.05) is 37.4 Å². The van der Waals surface area contributed by atoms with E-state index in [1.165, 1.54) is 23.5 Å². The van der Waals surface area contributed by atoms with E-state index in [4.69, 9.17) is 5.73 Å². The van der Waals surface area contributed by atoms with E-state index in [9.17, 15) is 14.0 Å². The first kappa shape index (κ1) is 19.4. The highest BCUT2D eigenvalue weighted by molar-refractivity contribution is 7.09. The van der Waals surface area contributed by atoms with Gasteiger partial charge in [0.05, 0.1) is 5.01 Å². The van der Waals surface area contributed by atoms with Gasteiger partial charge < -0.3 is 16.0 Å². The second kappa shape index (κ2) is 9.05. The molecule has 2 amide bonds. The van der Waals surface area contributed by atoms with Crippen molar-refractivity contribution in [3.8, 4) is 0 Å². The summed E-state index contributed by atoms with van der Waals surface area (Å²) in [5, 5.41) is 5.54. The monoisotopic (exact) mass is 390 g/mol. The van der Waals surface area contributed by atoms with Gasteiger partial charge in [-0.3, -0.25) is 9.59 Å². The minimum absolute atomic E-state index is 0.0229. The fourth-order valence-electron chi connectivity index (χ4n) is 3.09. The number of nitrogens with one attached hydrogen (secondary N) is 1. The normalized spacial score (nSPS) is 15.0. The van der Waals surface area contributed by atoms with Crippen LogP contribution in [0.3, 0.4) is 0 Å². The van der Waals surface area contributed by atoms with Gasteiger partial charge in [-0.15, -0.1) is 11.3 Å². The van der Waals surface area contributed by atoms with Gasteiger partial charge in [-0.2, -0.15) is 0 Å². The summed E-state index contributed by atoms with van der Waals surface area (Å²) in [6.45, 7) is 1.97. The van der Waals surface area contributed by atoms with Crippen molar-refractivity contribution >= 4 is 23.2 Å². The third-order valence-corrected chi connectivity index (χ3v) is 5.57. The van der Waals surface area contributed by atoms with E-state index < -0.39 is 0 Å². The SMILES string of the molecule is NCCc1nc(C(=O)N2CCC(C(=O)NCc3ccc(F)cc3)CC2)cs1. The predicted octanol–water partition coefficient (Wildman–Crippen LogP) is 1.95. The zero-order valence-corrected chi connectivity index (χ0v) is 15.8. The van der Waals surface area contributed by atoms with E-state index in [-0.39, 0.29) is 23.5 Å². The molecule has 0 spiro atoms. The van der Waals surface area contributed by atoms with E-state index in [1.54, 1.807) is 22.4 Å². The van der Waals surface area contributed by atoms with Crippen molar-refractivity contribution in [2.75, 3.05) is 19.6 Å². The minimum Gasteiger partial charge on any atom is -0.352 e. The molecule has 1 aromatic heterocycles. The summed E-state index contributed by atoms with van der Waals surface area (Å²) in [7, 11) is 0. The minimum atomic E-state index is -0.294. The summed E-state index contributed by atoms with van der Waals surface area (Å²) in [5.74, 6) is -0.514. The molecule has 1 saturated heterocycles. The maximum absolute atomic E-state index is 12.9. The van der Waals surface area contributed by atoms with Gasteiger partial charge in [0.1, 0.15) is 11.5 Å². The number of amides is 2. The fourth-order valence-corrected chi connectivity index (χ4v) is 3.88. The molecule has 2 aromatic rings. The van der Waals surface area contributed by atoms with Crippen LogP contribution in [-0.2, 0) is 17.8 Å². The lowest BCUT2D eigenvalue weighted by Crippen LogP contribution is -2.43. The Morgan fingerprint density at radius 1 is 1.26 bits per heavy atom. The van der Waals surface area contributed by atoms with Gasteiger partial charge in [-0.05, 0) is 37.1 Å². The van der Waals surface area contributed by atoms with Crippen molar-refractivity contribution < 1.29 is 14.0 Å². The Balaban J connectivity index is 1.46. The van der Waals surface area contributed by atoms with Crippen LogP contribution in [-0.4, -0.2) is 41.3 Å². The number of halogens is 1. The lowest BCUT2D eigenvalue weighted by Gasteiger charge is -2.31. The zero-order valence-electron chi connectivity index (χ0n) is 15.0. The number of benzene rings is 1. The average molecular weight is 390 g/mol. The van der Waals surface area contributed by atoms with Crippen LogP contribution >= 0.6 is 11.3 Å². The molecule has 0 radical (unpaired) electrons. The van der Waals surface area contributed by atoms with Crippen LogP contribution in [0.15, 0.2) is 29.6 Å². The van der Waals surface area contributed by atoms with E-state index in [0.29, 0.717) is 51.1 Å². The molecule has 0 bridgehead atoms. The number of hydrogen-bond donors (Lipinski definition) is 2. The number of hydrogen-bond acceptors (Lipinski definition) is 5. The highest BCUT2D eigenvalue weighted by atomic mass is 32.1. The summed E-state index contributed by atoms with van der Waals surface area (Å²) in [6, 6.07) is 6.07. The molecule has 0 aliphatic carbocycles. The Morgan fingerprint density at radius 3 is 2.63 bits per heavy atom. The van der Waals surface area contributed by atoms with Gasteiger partial charge >= 0.3 is 0 Å². The highest BCUT2D eigenvalue weighted by Crippen LogP contribution is 2.20. The molecular weight excluding hydrogens is 367 g/mol. The molecule has 27 heavy (non-hydrogen) atoms. The smallest absolute Gasteiger partial charge is 0.273 e. The van der Waals surface area contributed by atoms with Gasteiger partial charge in [0.2, 0.25) is 5.91 Å². The fraction of sp³-hybridized carbons (Fsp3) is 0.421. The Hall–Kier alpha value is -2.32. The average Bonchev–Trinajstić information content (AvgIpc) is 3.16. The van der Waals surface area contributed by atoms with Crippen LogP contribution in [0.25, 0.3) is 0 Å². The van der Waals surface area contributed by atoms with Crippen LogP contribution in [0.5, 0.6) is 0 Å². The molecular formula is C19H23FN4O2S. The Bertz CT molecular complexity index is 785. The highest BCUT2D eigenvalue weighted by Gasteiger charge is 2.28. The topological polar surface area (TPSA) is 88.3 Å². The first-order valence-electron chi connectivity index (χ1n) is 9.02. The van der Waals surface area contributed by atoms with Crippen LogP contribution in [0.4, 0.5) is 4.39 Å². The van der Waals surface area contributed by atoms with Crippen molar-refractivity contribution in [1.82, 2.24) is 15.2 Å². The number of piperidine rings is 1. The zero-order chi connectivity index (χ0) is 19.2. The quantitative estimate of drug-likeness (QED) is 0.789. The summed E-state index contributed by atoms with van der Waals surface area (Å²) >= 11 is 1.45. The van der Waals surface area contributed by atoms with Crippen molar-refractivity contribution in [2.45, 2.75) is 25.8 Å². The lowest BCUT2D eigenvalue weighted by atomic mass is 9.95. The Morgan fingerprint density at radius 2 is 1.96 bits per heavy atom. The number of nitrogens with zero attached hydrogens (tertiary/aromatic N) is 2. The second-order valence-corrected chi connectivity index (χ2v) is 7.52. The molecule has 144 valence electrons. The standard InChI is InChI=1S/C19H23FN4O2S/c20-15-3-1-13(2-4-15)11-22-18(25)14-6-9-24(10-7-14)19(26)16-12-27-17(23-16)5-8-21/h1-4,12,14H,5-11,21H2,(H,22,25). The molecule has 2 heterocycles.